The number of hydrogen-bond donors (Lipinski definition) is 2. The smallest absolute Gasteiger partial charge is 0.191 e. The normalized spacial score (nSPS) is 11.3. The molecule has 110 valence electrons. The Bertz CT molecular complexity index is 199. The maximum absolute atomic E-state index is 5.27. The number of rotatable bonds is 9. The molecule has 0 rings (SSSR count). The van der Waals surface area contributed by atoms with E-state index in [4.69, 9.17) is 4.74 Å². The lowest BCUT2D eigenvalue weighted by Crippen LogP contribution is -2.39. The van der Waals surface area contributed by atoms with Gasteiger partial charge < -0.3 is 15.4 Å². The number of guanidine groups is 1. The molecule has 0 aliphatic carbocycles. The largest absolute Gasteiger partial charge is 0.380 e. The third-order valence-electron chi connectivity index (χ3n) is 2.30. The van der Waals surface area contributed by atoms with E-state index >= 15 is 0 Å². The van der Waals surface area contributed by atoms with Crippen molar-refractivity contribution in [1.29, 1.82) is 0 Å². The lowest BCUT2D eigenvalue weighted by atomic mass is 10.1. The third kappa shape index (κ3) is 14.0. The Morgan fingerprint density at radius 2 is 1.94 bits per heavy atom. The predicted molar refractivity (Wildman–Crippen MR) is 90.0 cm³/mol. The first kappa shape index (κ1) is 20.3. The Morgan fingerprint density at radius 3 is 2.50 bits per heavy atom. The molecule has 0 saturated heterocycles. The molecule has 0 saturated carbocycles. The lowest BCUT2D eigenvalue weighted by Gasteiger charge is -2.11. The summed E-state index contributed by atoms with van der Waals surface area (Å²) in [5.41, 5.74) is 0. The second-order valence-electron chi connectivity index (χ2n) is 4.42. The van der Waals surface area contributed by atoms with E-state index in [1.165, 1.54) is 6.42 Å². The molecule has 0 aliphatic rings. The highest BCUT2D eigenvalue weighted by Crippen LogP contribution is 2.02. The van der Waals surface area contributed by atoms with Gasteiger partial charge in [-0.1, -0.05) is 13.8 Å². The van der Waals surface area contributed by atoms with Crippen molar-refractivity contribution < 1.29 is 4.74 Å². The molecule has 18 heavy (non-hydrogen) atoms. The van der Waals surface area contributed by atoms with Gasteiger partial charge in [0.25, 0.3) is 0 Å². The Morgan fingerprint density at radius 1 is 1.22 bits per heavy atom. The number of ether oxygens (including phenoxy) is 1. The minimum absolute atomic E-state index is 0. The van der Waals surface area contributed by atoms with Gasteiger partial charge in [-0.3, -0.25) is 4.99 Å². The van der Waals surface area contributed by atoms with E-state index in [-0.39, 0.29) is 24.0 Å². The van der Waals surface area contributed by atoms with Crippen LogP contribution in [0.3, 0.4) is 0 Å². The molecule has 0 radical (unpaired) electrons. The van der Waals surface area contributed by atoms with Crippen molar-refractivity contribution in [3.63, 3.8) is 0 Å². The van der Waals surface area contributed by atoms with Gasteiger partial charge in [-0.05, 0) is 32.6 Å². The first-order valence-corrected chi connectivity index (χ1v) is 6.80. The minimum Gasteiger partial charge on any atom is -0.380 e. The van der Waals surface area contributed by atoms with E-state index in [1.54, 1.807) is 0 Å². The summed E-state index contributed by atoms with van der Waals surface area (Å²) >= 11 is 0. The van der Waals surface area contributed by atoms with Crippen molar-refractivity contribution in [2.75, 3.05) is 32.8 Å². The average molecular weight is 371 g/mol. The number of nitrogens with one attached hydrogen (secondary N) is 2. The maximum Gasteiger partial charge on any atom is 0.191 e. The first-order valence-electron chi connectivity index (χ1n) is 6.80. The van der Waals surface area contributed by atoms with E-state index in [0.29, 0.717) is 0 Å². The second-order valence-corrected chi connectivity index (χ2v) is 4.42. The van der Waals surface area contributed by atoms with Crippen LogP contribution in [-0.2, 0) is 4.74 Å². The fourth-order valence-electron chi connectivity index (χ4n) is 1.42. The molecule has 0 fully saturated rings. The van der Waals surface area contributed by atoms with E-state index < -0.39 is 0 Å². The zero-order chi connectivity index (χ0) is 12.9. The summed E-state index contributed by atoms with van der Waals surface area (Å²) < 4.78 is 5.27. The molecular formula is C13H30IN3O. The standard InChI is InChI=1S/C13H29N3O.HI/c1-5-14-13(16-10-11-17-6-2)15-9-7-8-12(3)4;/h12H,5-11H2,1-4H3,(H2,14,15,16);1H. The van der Waals surface area contributed by atoms with E-state index in [9.17, 15) is 0 Å². The van der Waals surface area contributed by atoms with E-state index in [1.807, 2.05) is 6.92 Å². The van der Waals surface area contributed by atoms with Crippen molar-refractivity contribution in [1.82, 2.24) is 10.6 Å². The Balaban J connectivity index is 0. The molecule has 0 atom stereocenters. The SMILES string of the molecule is CCNC(=NCCCC(C)C)NCCOCC.I. The van der Waals surface area contributed by atoms with Crippen LogP contribution in [0.25, 0.3) is 0 Å². The first-order chi connectivity index (χ1) is 8.20. The molecule has 0 bridgehead atoms. The van der Waals surface area contributed by atoms with Crippen LogP contribution in [-0.4, -0.2) is 38.8 Å². The number of aliphatic imine (C=N–C) groups is 1. The van der Waals surface area contributed by atoms with Crippen LogP contribution in [0.15, 0.2) is 4.99 Å². The molecule has 0 aromatic rings. The van der Waals surface area contributed by atoms with Gasteiger partial charge >= 0.3 is 0 Å². The van der Waals surface area contributed by atoms with Crippen molar-refractivity contribution >= 4 is 29.9 Å². The highest BCUT2D eigenvalue weighted by molar-refractivity contribution is 14.0. The lowest BCUT2D eigenvalue weighted by molar-refractivity contribution is 0.152. The van der Waals surface area contributed by atoms with Crippen molar-refractivity contribution in [2.45, 2.75) is 40.5 Å². The molecule has 0 amide bonds. The fraction of sp³-hybridized carbons (Fsp3) is 0.923. The number of nitrogens with zero attached hydrogens (tertiary/aromatic N) is 1. The minimum atomic E-state index is 0. The summed E-state index contributed by atoms with van der Waals surface area (Å²) in [4.78, 5) is 4.52. The zero-order valence-corrected chi connectivity index (χ0v) is 14.6. The molecule has 5 heteroatoms. The Labute approximate surface area is 129 Å². The molecule has 0 spiro atoms. The average Bonchev–Trinajstić information content (AvgIpc) is 2.29. The summed E-state index contributed by atoms with van der Waals surface area (Å²) in [5, 5.41) is 6.49. The highest BCUT2D eigenvalue weighted by Gasteiger charge is 1.97. The van der Waals surface area contributed by atoms with Crippen LogP contribution >= 0.6 is 24.0 Å². The van der Waals surface area contributed by atoms with Crippen molar-refractivity contribution in [3.05, 3.63) is 0 Å². The van der Waals surface area contributed by atoms with Crippen molar-refractivity contribution in [2.24, 2.45) is 10.9 Å². The van der Waals surface area contributed by atoms with Gasteiger partial charge in [-0.15, -0.1) is 24.0 Å². The summed E-state index contributed by atoms with van der Waals surface area (Å²) in [6.07, 6.45) is 2.39. The molecule has 0 aromatic carbocycles. The van der Waals surface area contributed by atoms with E-state index in [0.717, 1.165) is 51.1 Å². The molecule has 4 nitrogen and oxygen atoms in total. The van der Waals surface area contributed by atoms with Crippen LogP contribution < -0.4 is 10.6 Å². The van der Waals surface area contributed by atoms with Gasteiger partial charge in [0.15, 0.2) is 5.96 Å². The Hall–Kier alpha value is -0.0400. The van der Waals surface area contributed by atoms with Gasteiger partial charge in [0.05, 0.1) is 6.61 Å². The highest BCUT2D eigenvalue weighted by atomic mass is 127. The summed E-state index contributed by atoms with van der Waals surface area (Å²) in [6.45, 7) is 12.7. The van der Waals surface area contributed by atoms with Crippen LogP contribution in [0.2, 0.25) is 0 Å². The van der Waals surface area contributed by atoms with Gasteiger partial charge in [0, 0.05) is 26.2 Å². The second kappa shape index (κ2) is 15.0. The molecule has 0 heterocycles. The quantitative estimate of drug-likeness (QED) is 0.284. The maximum atomic E-state index is 5.27. The fourth-order valence-corrected chi connectivity index (χ4v) is 1.42. The third-order valence-corrected chi connectivity index (χ3v) is 2.30. The van der Waals surface area contributed by atoms with Crippen LogP contribution in [0.1, 0.15) is 40.5 Å². The number of hydrogen-bond acceptors (Lipinski definition) is 2. The van der Waals surface area contributed by atoms with Crippen LogP contribution in [0, 0.1) is 5.92 Å². The van der Waals surface area contributed by atoms with Gasteiger partial charge in [0.2, 0.25) is 0 Å². The number of halogens is 1. The van der Waals surface area contributed by atoms with Gasteiger partial charge in [-0.25, -0.2) is 0 Å². The van der Waals surface area contributed by atoms with Gasteiger partial charge in [-0.2, -0.15) is 0 Å². The molecule has 2 N–H and O–H groups in total. The molecule has 0 aromatic heterocycles. The van der Waals surface area contributed by atoms with Gasteiger partial charge in [0.1, 0.15) is 0 Å². The monoisotopic (exact) mass is 371 g/mol. The summed E-state index contributed by atoms with van der Waals surface area (Å²) in [7, 11) is 0. The predicted octanol–water partition coefficient (Wildman–Crippen LogP) is 2.63. The van der Waals surface area contributed by atoms with E-state index in [2.05, 4.69) is 36.4 Å². The van der Waals surface area contributed by atoms with Crippen LogP contribution in [0.4, 0.5) is 0 Å². The zero-order valence-electron chi connectivity index (χ0n) is 12.3. The molecule has 0 unspecified atom stereocenters. The summed E-state index contributed by atoms with van der Waals surface area (Å²) in [6, 6.07) is 0. The molecule has 0 aliphatic heterocycles. The molecular weight excluding hydrogens is 341 g/mol. The topological polar surface area (TPSA) is 45.7 Å². The summed E-state index contributed by atoms with van der Waals surface area (Å²) in [5.74, 6) is 1.66. The Kier molecular flexibility index (Phi) is 16.9. The van der Waals surface area contributed by atoms with Crippen LogP contribution in [0.5, 0.6) is 0 Å². The van der Waals surface area contributed by atoms with Crippen molar-refractivity contribution in [3.8, 4) is 0 Å².